The molecule has 0 heterocycles. The van der Waals surface area contributed by atoms with Crippen molar-refractivity contribution in [2.75, 3.05) is 6.61 Å². The predicted octanol–water partition coefficient (Wildman–Crippen LogP) is 1.99. The minimum absolute atomic E-state index is 0.0394. The molecule has 0 saturated heterocycles. The third kappa shape index (κ3) is 1.73. The Hall–Kier alpha value is -0.530. The van der Waals surface area contributed by atoms with Crippen LogP contribution in [0.15, 0.2) is 0 Å². The molecule has 0 unspecified atom stereocenters. The topological polar surface area (TPSA) is 26.3 Å². The van der Waals surface area contributed by atoms with Crippen molar-refractivity contribution in [2.24, 2.45) is 11.3 Å². The molecule has 0 aliphatic heterocycles. The highest BCUT2D eigenvalue weighted by Crippen LogP contribution is 2.45. The minimum Gasteiger partial charge on any atom is -0.466 e. The minimum atomic E-state index is -0.240. The zero-order valence-corrected chi connectivity index (χ0v) is 7.52. The highest BCUT2D eigenvalue weighted by molar-refractivity contribution is 5.76. The van der Waals surface area contributed by atoms with Crippen molar-refractivity contribution in [3.8, 4) is 0 Å². The lowest BCUT2D eigenvalue weighted by Crippen LogP contribution is -2.28. The summed E-state index contributed by atoms with van der Waals surface area (Å²) in [6, 6.07) is 0. The Morgan fingerprint density at radius 1 is 1.55 bits per heavy atom. The van der Waals surface area contributed by atoms with E-state index < -0.39 is 0 Å². The molecule has 0 bridgehead atoms. The van der Waals surface area contributed by atoms with Crippen molar-refractivity contribution < 1.29 is 9.53 Å². The van der Waals surface area contributed by atoms with Crippen LogP contribution in [0.2, 0.25) is 0 Å². The maximum atomic E-state index is 11.3. The van der Waals surface area contributed by atoms with E-state index in [1.54, 1.807) is 0 Å². The molecule has 1 aliphatic rings. The quantitative estimate of drug-likeness (QED) is 0.584. The molecule has 0 aromatic heterocycles. The second-order valence-electron chi connectivity index (χ2n) is 3.72. The van der Waals surface area contributed by atoms with Gasteiger partial charge >= 0.3 is 5.97 Å². The SMILES string of the molecule is CCOC(=O)C(C)(C)C1CC1. The van der Waals surface area contributed by atoms with Gasteiger partial charge in [0, 0.05) is 0 Å². The Morgan fingerprint density at radius 2 is 2.09 bits per heavy atom. The molecular formula is C9H16O2. The molecule has 0 N–H and O–H groups in total. The molecule has 0 atom stereocenters. The zero-order chi connectivity index (χ0) is 8.48. The normalized spacial score (nSPS) is 18.1. The summed E-state index contributed by atoms with van der Waals surface area (Å²) in [6.07, 6.45) is 2.37. The number of carbonyl (C=O) groups is 1. The van der Waals surface area contributed by atoms with Crippen LogP contribution < -0.4 is 0 Å². The van der Waals surface area contributed by atoms with E-state index in [9.17, 15) is 4.79 Å². The summed E-state index contributed by atoms with van der Waals surface area (Å²) in [5.41, 5.74) is -0.240. The third-order valence-electron chi connectivity index (χ3n) is 2.40. The fourth-order valence-corrected chi connectivity index (χ4v) is 1.29. The average Bonchev–Trinajstić information content (AvgIpc) is 2.68. The number of rotatable bonds is 3. The Morgan fingerprint density at radius 3 is 2.45 bits per heavy atom. The summed E-state index contributed by atoms with van der Waals surface area (Å²) >= 11 is 0. The highest BCUT2D eigenvalue weighted by Gasteiger charge is 2.44. The number of esters is 1. The van der Waals surface area contributed by atoms with Crippen LogP contribution in [-0.4, -0.2) is 12.6 Å². The molecule has 2 nitrogen and oxygen atoms in total. The largest absolute Gasteiger partial charge is 0.466 e. The Labute approximate surface area is 67.9 Å². The van der Waals surface area contributed by atoms with Crippen LogP contribution in [0.5, 0.6) is 0 Å². The van der Waals surface area contributed by atoms with Crippen LogP contribution in [0.4, 0.5) is 0 Å². The average molecular weight is 156 g/mol. The van der Waals surface area contributed by atoms with Gasteiger partial charge in [-0.3, -0.25) is 4.79 Å². The van der Waals surface area contributed by atoms with Gasteiger partial charge in [-0.15, -0.1) is 0 Å². The van der Waals surface area contributed by atoms with Crippen molar-refractivity contribution in [1.29, 1.82) is 0 Å². The smallest absolute Gasteiger partial charge is 0.311 e. The van der Waals surface area contributed by atoms with Gasteiger partial charge in [0.2, 0.25) is 0 Å². The molecule has 11 heavy (non-hydrogen) atoms. The van der Waals surface area contributed by atoms with Gasteiger partial charge in [0.15, 0.2) is 0 Å². The van der Waals surface area contributed by atoms with Crippen molar-refractivity contribution in [3.05, 3.63) is 0 Å². The molecule has 1 aliphatic carbocycles. The molecule has 64 valence electrons. The van der Waals surface area contributed by atoms with Gasteiger partial charge in [-0.25, -0.2) is 0 Å². The van der Waals surface area contributed by atoms with Gasteiger partial charge in [0.05, 0.1) is 12.0 Å². The van der Waals surface area contributed by atoms with Gasteiger partial charge < -0.3 is 4.74 Å². The van der Waals surface area contributed by atoms with Gasteiger partial charge in [-0.05, 0) is 39.5 Å². The molecule has 2 heteroatoms. The Kier molecular flexibility index (Phi) is 2.21. The maximum Gasteiger partial charge on any atom is 0.311 e. The predicted molar refractivity (Wildman–Crippen MR) is 43.1 cm³/mol. The first kappa shape index (κ1) is 8.57. The summed E-state index contributed by atoms with van der Waals surface area (Å²) in [6.45, 7) is 6.29. The standard InChI is InChI=1S/C9H16O2/c1-4-11-8(10)9(2,3)7-5-6-7/h7H,4-6H2,1-3H3. The molecule has 1 saturated carbocycles. The van der Waals surface area contributed by atoms with E-state index in [-0.39, 0.29) is 11.4 Å². The summed E-state index contributed by atoms with van der Waals surface area (Å²) in [5, 5.41) is 0. The lowest BCUT2D eigenvalue weighted by atomic mass is 9.88. The molecule has 1 rings (SSSR count). The van der Waals surface area contributed by atoms with Crippen LogP contribution in [-0.2, 0) is 9.53 Å². The summed E-state index contributed by atoms with van der Waals surface area (Å²) < 4.78 is 4.97. The van der Waals surface area contributed by atoms with Crippen molar-refractivity contribution in [3.63, 3.8) is 0 Å². The highest BCUT2D eigenvalue weighted by atomic mass is 16.5. The van der Waals surface area contributed by atoms with Gasteiger partial charge in [0.25, 0.3) is 0 Å². The van der Waals surface area contributed by atoms with Crippen molar-refractivity contribution >= 4 is 5.97 Å². The summed E-state index contributed by atoms with van der Waals surface area (Å²) in [7, 11) is 0. The number of carbonyl (C=O) groups excluding carboxylic acids is 1. The lowest BCUT2D eigenvalue weighted by Gasteiger charge is -2.21. The molecule has 0 spiro atoms. The molecule has 0 amide bonds. The summed E-state index contributed by atoms with van der Waals surface area (Å²) in [5.74, 6) is 0.532. The van der Waals surface area contributed by atoms with E-state index in [1.165, 1.54) is 12.8 Å². The van der Waals surface area contributed by atoms with E-state index >= 15 is 0 Å². The zero-order valence-electron chi connectivity index (χ0n) is 7.52. The Balaban J connectivity index is 2.48. The van der Waals surface area contributed by atoms with Gasteiger partial charge in [-0.1, -0.05) is 0 Å². The number of hydrogen-bond acceptors (Lipinski definition) is 2. The molecular weight excluding hydrogens is 140 g/mol. The van der Waals surface area contributed by atoms with Crippen LogP contribution in [0, 0.1) is 11.3 Å². The van der Waals surface area contributed by atoms with Crippen molar-refractivity contribution in [2.45, 2.75) is 33.6 Å². The number of hydrogen-bond donors (Lipinski definition) is 0. The van der Waals surface area contributed by atoms with Gasteiger partial charge in [0.1, 0.15) is 0 Å². The van der Waals surface area contributed by atoms with E-state index in [0.717, 1.165) is 0 Å². The maximum absolute atomic E-state index is 11.3. The number of ether oxygens (including phenoxy) is 1. The fraction of sp³-hybridized carbons (Fsp3) is 0.889. The van der Waals surface area contributed by atoms with E-state index in [1.807, 2.05) is 20.8 Å². The summed E-state index contributed by atoms with van der Waals surface area (Å²) in [4.78, 5) is 11.3. The first-order valence-electron chi connectivity index (χ1n) is 4.26. The molecule has 0 radical (unpaired) electrons. The van der Waals surface area contributed by atoms with Gasteiger partial charge in [-0.2, -0.15) is 0 Å². The third-order valence-corrected chi connectivity index (χ3v) is 2.40. The Bertz CT molecular complexity index is 157. The first-order chi connectivity index (χ1) is 5.09. The second kappa shape index (κ2) is 2.84. The van der Waals surface area contributed by atoms with Crippen LogP contribution in [0.1, 0.15) is 33.6 Å². The van der Waals surface area contributed by atoms with E-state index in [0.29, 0.717) is 12.5 Å². The second-order valence-corrected chi connectivity index (χ2v) is 3.72. The van der Waals surface area contributed by atoms with Crippen LogP contribution in [0.25, 0.3) is 0 Å². The lowest BCUT2D eigenvalue weighted by molar-refractivity contribution is -0.154. The monoisotopic (exact) mass is 156 g/mol. The molecule has 0 aromatic carbocycles. The van der Waals surface area contributed by atoms with Crippen molar-refractivity contribution in [1.82, 2.24) is 0 Å². The van der Waals surface area contributed by atoms with E-state index in [4.69, 9.17) is 4.74 Å². The first-order valence-corrected chi connectivity index (χ1v) is 4.26. The fourth-order valence-electron chi connectivity index (χ4n) is 1.29. The molecule has 0 aromatic rings. The van der Waals surface area contributed by atoms with E-state index in [2.05, 4.69) is 0 Å². The van der Waals surface area contributed by atoms with Crippen LogP contribution >= 0.6 is 0 Å². The van der Waals surface area contributed by atoms with Crippen LogP contribution in [0.3, 0.4) is 0 Å². The molecule has 1 fully saturated rings.